The third-order valence-electron chi connectivity index (χ3n) is 10.7. The molecule has 1 N–H and O–H groups in total. The summed E-state index contributed by atoms with van der Waals surface area (Å²) in [6.45, 7) is 16.0. The number of aliphatic hydroxyl groups excluding tert-OH is 1. The van der Waals surface area contributed by atoms with Gasteiger partial charge in [-0.2, -0.15) is 0 Å². The van der Waals surface area contributed by atoms with E-state index in [-0.39, 0.29) is 22.3 Å². The van der Waals surface area contributed by atoms with Gasteiger partial charge in [-0.1, -0.05) is 44.1 Å². The summed E-state index contributed by atoms with van der Waals surface area (Å²) in [6, 6.07) is 0. The normalized spacial score (nSPS) is 44.6. The minimum Gasteiger partial charge on any atom is -0.393 e. The summed E-state index contributed by atoms with van der Waals surface area (Å²) >= 11 is 0. The van der Waals surface area contributed by atoms with E-state index in [1.54, 1.807) is 0 Å². The van der Waals surface area contributed by atoms with Crippen LogP contribution in [0.2, 0.25) is 0 Å². The van der Waals surface area contributed by atoms with E-state index in [2.05, 4.69) is 60.6 Å². The summed E-state index contributed by atoms with van der Waals surface area (Å²) in [5.41, 5.74) is 2.60. The Morgan fingerprint density at radius 1 is 1.19 bits per heavy atom. The van der Waals surface area contributed by atoms with E-state index in [4.69, 9.17) is 0 Å². The van der Waals surface area contributed by atoms with Crippen molar-refractivity contribution in [2.45, 2.75) is 106 Å². The van der Waals surface area contributed by atoms with Crippen LogP contribution in [-0.4, -0.2) is 17.0 Å². The molecule has 0 unspecified atom stereocenters. The molecule has 4 rings (SSSR count). The maximum Gasteiger partial charge on any atom is 0.142 e. The summed E-state index contributed by atoms with van der Waals surface area (Å²) < 4.78 is 0. The quantitative estimate of drug-likeness (QED) is 0.486. The molecule has 0 heterocycles. The van der Waals surface area contributed by atoms with Gasteiger partial charge in [-0.05, 0) is 113 Å². The summed E-state index contributed by atoms with van der Waals surface area (Å²) in [5.74, 6) is 3.50. The molecular weight excluding hydrogens is 380 g/mol. The van der Waals surface area contributed by atoms with Crippen molar-refractivity contribution in [3.63, 3.8) is 0 Å². The maximum atomic E-state index is 12.7. The largest absolute Gasteiger partial charge is 0.393 e. The number of carbonyl (C=O) groups excluding carboxylic acids is 1. The van der Waals surface area contributed by atoms with Crippen molar-refractivity contribution < 1.29 is 9.90 Å². The van der Waals surface area contributed by atoms with Crippen LogP contribution in [-0.2, 0) is 4.79 Å². The Morgan fingerprint density at radius 2 is 1.90 bits per heavy atom. The number of hydrogen-bond donors (Lipinski definition) is 1. The lowest BCUT2D eigenvalue weighted by atomic mass is 9.43. The third-order valence-corrected chi connectivity index (χ3v) is 10.7. The fraction of sp³-hybridized carbons (Fsp3) is 0.828. The lowest BCUT2D eigenvalue weighted by molar-refractivity contribution is -0.145. The van der Waals surface area contributed by atoms with Crippen LogP contribution in [0.25, 0.3) is 0 Å². The van der Waals surface area contributed by atoms with Gasteiger partial charge in [0.1, 0.15) is 5.78 Å². The van der Waals surface area contributed by atoms with E-state index in [0.29, 0.717) is 41.8 Å². The van der Waals surface area contributed by atoms with Crippen molar-refractivity contribution in [1.29, 1.82) is 0 Å². The summed E-state index contributed by atoms with van der Waals surface area (Å²) in [7, 11) is 0. The van der Waals surface area contributed by atoms with Crippen molar-refractivity contribution in [3.05, 3.63) is 23.3 Å². The molecule has 8 atom stereocenters. The molecule has 2 heteroatoms. The first-order chi connectivity index (χ1) is 14.4. The second-order valence-corrected chi connectivity index (χ2v) is 12.8. The fourth-order valence-electron chi connectivity index (χ4n) is 8.98. The number of aliphatic hydroxyl groups is 1. The number of Topliss-reactive ketones (excluding diaryl/α,β-unsaturated/α-hetero) is 1. The van der Waals surface area contributed by atoms with E-state index in [9.17, 15) is 9.90 Å². The molecule has 0 spiro atoms. The van der Waals surface area contributed by atoms with Crippen molar-refractivity contribution in [2.24, 2.45) is 45.8 Å². The van der Waals surface area contributed by atoms with Crippen LogP contribution in [0.5, 0.6) is 0 Å². The van der Waals surface area contributed by atoms with Crippen molar-refractivity contribution >= 4 is 5.78 Å². The molecule has 174 valence electrons. The van der Waals surface area contributed by atoms with Crippen molar-refractivity contribution in [3.8, 4) is 0 Å². The molecule has 0 radical (unpaired) electrons. The molecule has 0 aromatic carbocycles. The highest BCUT2D eigenvalue weighted by atomic mass is 16.3. The SMILES string of the molecule is CC(C)=CCC[C@@H](C)[C@H]1CC[C@H]2[C@@H]3CC=C4C(C)(C)C(=O)CC[C@]4(C)[C@H]3C[C@H](O)[C@]12C. The van der Waals surface area contributed by atoms with Gasteiger partial charge in [0.2, 0.25) is 0 Å². The first kappa shape index (κ1) is 23.3. The zero-order chi connectivity index (χ0) is 22.8. The van der Waals surface area contributed by atoms with E-state index in [0.717, 1.165) is 25.7 Å². The Bertz CT molecular complexity index is 785. The van der Waals surface area contributed by atoms with Gasteiger partial charge >= 0.3 is 0 Å². The van der Waals surface area contributed by atoms with Crippen molar-refractivity contribution in [2.75, 3.05) is 0 Å². The molecule has 2 nitrogen and oxygen atoms in total. The van der Waals surface area contributed by atoms with Gasteiger partial charge in [-0.25, -0.2) is 0 Å². The molecule has 0 aromatic rings. The highest BCUT2D eigenvalue weighted by Crippen LogP contribution is 2.68. The molecule has 0 saturated heterocycles. The van der Waals surface area contributed by atoms with E-state index < -0.39 is 0 Å². The minimum atomic E-state index is -0.332. The number of hydrogen-bond acceptors (Lipinski definition) is 2. The molecule has 0 bridgehead atoms. The van der Waals surface area contributed by atoms with Crippen LogP contribution in [0.15, 0.2) is 23.3 Å². The predicted molar refractivity (Wildman–Crippen MR) is 129 cm³/mol. The standard InChI is InChI=1S/C29H46O2/c1-18(2)9-8-10-19(3)21-12-13-22-20-11-14-24-27(4,5)25(30)15-16-28(24,6)23(20)17-26(31)29(21,22)7/h9,14,19-23,26,31H,8,10-13,15-17H2,1-7H3/t19-,20+,21-,22+,23+,26+,28-,29-/m1/s1. The van der Waals surface area contributed by atoms with Crippen LogP contribution in [0, 0.1) is 45.8 Å². The Balaban J connectivity index is 1.61. The highest BCUT2D eigenvalue weighted by Gasteiger charge is 2.64. The lowest BCUT2D eigenvalue weighted by Crippen LogP contribution is -2.58. The number of rotatable bonds is 4. The van der Waals surface area contributed by atoms with Gasteiger partial charge in [0.05, 0.1) is 6.10 Å². The lowest BCUT2D eigenvalue weighted by Gasteiger charge is -2.61. The Morgan fingerprint density at radius 3 is 2.58 bits per heavy atom. The van der Waals surface area contributed by atoms with Crippen LogP contribution in [0.4, 0.5) is 0 Å². The first-order valence-electron chi connectivity index (χ1n) is 13.0. The second-order valence-electron chi connectivity index (χ2n) is 12.8. The zero-order valence-corrected chi connectivity index (χ0v) is 21.1. The van der Waals surface area contributed by atoms with Crippen molar-refractivity contribution in [1.82, 2.24) is 0 Å². The molecule has 3 fully saturated rings. The van der Waals surface area contributed by atoms with Gasteiger partial charge in [-0.15, -0.1) is 0 Å². The number of fused-ring (bicyclic) bond motifs is 5. The molecule has 0 aliphatic heterocycles. The average molecular weight is 427 g/mol. The topological polar surface area (TPSA) is 37.3 Å². The van der Waals surface area contributed by atoms with E-state index >= 15 is 0 Å². The molecular formula is C29H46O2. The molecule has 0 aromatic heterocycles. The van der Waals surface area contributed by atoms with E-state index in [1.807, 2.05) is 0 Å². The number of carbonyl (C=O) groups is 1. The van der Waals surface area contributed by atoms with Gasteiger partial charge in [-0.3, -0.25) is 4.79 Å². The average Bonchev–Trinajstić information content (AvgIpc) is 3.05. The Hall–Kier alpha value is -0.890. The Labute approximate surface area is 191 Å². The monoisotopic (exact) mass is 426 g/mol. The summed E-state index contributed by atoms with van der Waals surface area (Å²) in [5, 5.41) is 11.7. The first-order valence-corrected chi connectivity index (χ1v) is 13.0. The van der Waals surface area contributed by atoms with Crippen LogP contribution in [0.1, 0.15) is 99.8 Å². The van der Waals surface area contributed by atoms with Gasteiger partial charge < -0.3 is 5.11 Å². The minimum absolute atomic E-state index is 0.0489. The molecule has 0 amide bonds. The smallest absolute Gasteiger partial charge is 0.142 e. The predicted octanol–water partition coefficient (Wildman–Crippen LogP) is 7.12. The zero-order valence-electron chi connectivity index (χ0n) is 21.1. The second kappa shape index (κ2) is 7.86. The molecule has 4 aliphatic rings. The summed E-state index contributed by atoms with van der Waals surface area (Å²) in [4.78, 5) is 12.7. The molecule has 4 aliphatic carbocycles. The summed E-state index contributed by atoms with van der Waals surface area (Å²) in [6.07, 6.45) is 13.3. The van der Waals surface area contributed by atoms with Gasteiger partial charge in [0.25, 0.3) is 0 Å². The van der Waals surface area contributed by atoms with Crippen LogP contribution < -0.4 is 0 Å². The van der Waals surface area contributed by atoms with Gasteiger partial charge in [0.15, 0.2) is 0 Å². The fourth-order valence-corrected chi connectivity index (χ4v) is 8.98. The van der Waals surface area contributed by atoms with Gasteiger partial charge in [0, 0.05) is 11.8 Å². The van der Waals surface area contributed by atoms with E-state index in [1.165, 1.54) is 30.4 Å². The molecule has 31 heavy (non-hydrogen) atoms. The highest BCUT2D eigenvalue weighted by molar-refractivity contribution is 5.89. The number of ketones is 1. The molecule has 3 saturated carbocycles. The van der Waals surface area contributed by atoms with Crippen LogP contribution >= 0.6 is 0 Å². The number of allylic oxidation sites excluding steroid dienone is 4. The maximum absolute atomic E-state index is 12.7. The van der Waals surface area contributed by atoms with Crippen LogP contribution in [0.3, 0.4) is 0 Å². The Kier molecular flexibility index (Phi) is 5.90. The third kappa shape index (κ3) is 3.42.